The van der Waals surface area contributed by atoms with E-state index in [1.807, 2.05) is 66.7 Å². The van der Waals surface area contributed by atoms with Crippen molar-refractivity contribution in [2.45, 2.75) is 12.0 Å². The van der Waals surface area contributed by atoms with Crippen molar-refractivity contribution in [2.24, 2.45) is 5.92 Å². The molecule has 2 aliphatic carbocycles. The van der Waals surface area contributed by atoms with E-state index in [1.165, 1.54) is 16.7 Å². The molecule has 0 bridgehead atoms. The maximum absolute atomic E-state index is 6.78. The van der Waals surface area contributed by atoms with Crippen LogP contribution in [-0.4, -0.2) is 24.5 Å². The number of rotatable bonds is 3. The Balaban J connectivity index is 1.22. The van der Waals surface area contributed by atoms with Crippen LogP contribution in [0.3, 0.4) is 0 Å². The summed E-state index contributed by atoms with van der Waals surface area (Å²) < 4.78 is 9.12. The Kier molecular flexibility index (Phi) is 5.52. The van der Waals surface area contributed by atoms with E-state index in [2.05, 4.69) is 83.5 Å². The Hall–Kier alpha value is -6.14. The Morgan fingerprint density at radius 2 is 1.28 bits per heavy atom. The molecule has 0 N–H and O–H groups in total. The summed E-state index contributed by atoms with van der Waals surface area (Å²) in [7, 11) is 0. The first kappa shape index (κ1) is 26.1. The van der Waals surface area contributed by atoms with Gasteiger partial charge in [-0.05, 0) is 41.3 Å². The van der Waals surface area contributed by atoms with Gasteiger partial charge in [-0.2, -0.15) is 4.98 Å². The third-order valence-corrected chi connectivity index (χ3v) is 9.75. The largest absolute Gasteiger partial charge is 0.425 e. The molecule has 0 saturated heterocycles. The summed E-state index contributed by atoms with van der Waals surface area (Å²) in [5.74, 6) is 2.77. The first-order valence-corrected chi connectivity index (χ1v) is 15.9. The highest BCUT2D eigenvalue weighted by Crippen LogP contribution is 2.62. The number of ether oxygens (including phenoxy) is 1. The molecule has 47 heavy (non-hydrogen) atoms. The van der Waals surface area contributed by atoms with Crippen molar-refractivity contribution >= 4 is 16.6 Å². The summed E-state index contributed by atoms with van der Waals surface area (Å²) in [5, 5.41) is 0. The first-order valence-electron chi connectivity index (χ1n) is 15.9. The smallest absolute Gasteiger partial charge is 0.304 e. The van der Waals surface area contributed by atoms with E-state index < -0.39 is 5.54 Å². The van der Waals surface area contributed by atoms with Gasteiger partial charge in [-0.15, -0.1) is 0 Å². The maximum Gasteiger partial charge on any atom is 0.304 e. The van der Waals surface area contributed by atoms with Crippen LogP contribution in [0.5, 0.6) is 11.8 Å². The summed E-state index contributed by atoms with van der Waals surface area (Å²) in [6, 6.07) is 44.3. The summed E-state index contributed by atoms with van der Waals surface area (Å²) in [6.45, 7) is 0. The number of nitrogens with zero attached hydrogens (tertiary/aromatic N) is 5. The number of benzene rings is 5. The van der Waals surface area contributed by atoms with Crippen molar-refractivity contribution in [1.29, 1.82) is 0 Å². The molecule has 6 heteroatoms. The van der Waals surface area contributed by atoms with Gasteiger partial charge in [0.25, 0.3) is 0 Å². The van der Waals surface area contributed by atoms with Gasteiger partial charge in [-0.25, -0.2) is 15.0 Å². The fraction of sp³-hybridized carbons (Fsp3) is 0.0732. The van der Waals surface area contributed by atoms with Crippen LogP contribution >= 0.6 is 0 Å². The highest BCUT2D eigenvalue weighted by atomic mass is 16.5. The van der Waals surface area contributed by atoms with Crippen LogP contribution in [0.1, 0.15) is 23.1 Å². The molecule has 2 atom stereocenters. The van der Waals surface area contributed by atoms with Crippen molar-refractivity contribution in [2.75, 3.05) is 0 Å². The molecule has 5 aromatic carbocycles. The van der Waals surface area contributed by atoms with Crippen LogP contribution < -0.4 is 4.74 Å². The van der Waals surface area contributed by atoms with Crippen LogP contribution in [0.4, 0.5) is 0 Å². The highest BCUT2D eigenvalue weighted by molar-refractivity contribution is 5.86. The molecule has 0 radical (unpaired) electrons. The SMILES string of the molecule is C1=CCC2C(=C1)c1ccccc1C21c2ccc(-c3nc(-c4ccccc4)nc(-c4ccccc4)n3)cc2Oc2nc3ccccc3n21. The predicted molar refractivity (Wildman–Crippen MR) is 184 cm³/mol. The zero-order valence-electron chi connectivity index (χ0n) is 25.3. The van der Waals surface area contributed by atoms with Crippen LogP contribution in [-0.2, 0) is 5.54 Å². The van der Waals surface area contributed by atoms with E-state index in [1.54, 1.807) is 0 Å². The Morgan fingerprint density at radius 1 is 0.617 bits per heavy atom. The van der Waals surface area contributed by atoms with Crippen LogP contribution in [0.15, 0.2) is 146 Å². The Labute approximate surface area is 271 Å². The molecular formula is C41H27N5O. The van der Waals surface area contributed by atoms with Crippen LogP contribution in [0.2, 0.25) is 0 Å². The number of hydrogen-bond acceptors (Lipinski definition) is 5. The number of fused-ring (bicyclic) bond motifs is 11. The topological polar surface area (TPSA) is 65.7 Å². The van der Waals surface area contributed by atoms with E-state index in [-0.39, 0.29) is 5.92 Å². The van der Waals surface area contributed by atoms with Crippen molar-refractivity contribution in [3.63, 3.8) is 0 Å². The number of aromatic nitrogens is 5. The molecule has 10 rings (SSSR count). The highest BCUT2D eigenvalue weighted by Gasteiger charge is 2.56. The molecule has 1 spiro atoms. The number of hydrogen-bond donors (Lipinski definition) is 0. The second-order valence-electron chi connectivity index (χ2n) is 12.2. The molecule has 0 amide bonds. The molecule has 0 fully saturated rings. The van der Waals surface area contributed by atoms with Gasteiger partial charge >= 0.3 is 6.01 Å². The Bertz CT molecular complexity index is 2370. The van der Waals surface area contributed by atoms with E-state index in [0.29, 0.717) is 23.5 Å². The van der Waals surface area contributed by atoms with Gasteiger partial charge in [0.2, 0.25) is 0 Å². The zero-order valence-corrected chi connectivity index (χ0v) is 25.3. The van der Waals surface area contributed by atoms with Gasteiger partial charge in [0.15, 0.2) is 17.5 Å². The molecule has 7 aromatic rings. The average Bonchev–Trinajstić information content (AvgIpc) is 3.66. The quantitative estimate of drug-likeness (QED) is 0.201. The minimum atomic E-state index is -0.547. The number of para-hydroxylation sites is 2. The predicted octanol–water partition coefficient (Wildman–Crippen LogP) is 9.09. The molecule has 0 saturated carbocycles. The average molecular weight is 606 g/mol. The van der Waals surface area contributed by atoms with E-state index in [0.717, 1.165) is 45.5 Å². The normalized spacial score (nSPS) is 18.6. The van der Waals surface area contributed by atoms with Crippen molar-refractivity contribution < 1.29 is 4.74 Å². The molecule has 6 nitrogen and oxygen atoms in total. The molecular weight excluding hydrogens is 578 g/mol. The third kappa shape index (κ3) is 3.72. The lowest BCUT2D eigenvalue weighted by Gasteiger charge is -2.43. The molecule has 222 valence electrons. The van der Waals surface area contributed by atoms with Crippen LogP contribution in [0, 0.1) is 5.92 Å². The Morgan fingerprint density at radius 3 is 2.04 bits per heavy atom. The maximum atomic E-state index is 6.78. The molecule has 1 aliphatic heterocycles. The van der Waals surface area contributed by atoms with Gasteiger partial charge in [0.1, 0.15) is 11.3 Å². The van der Waals surface area contributed by atoms with E-state index in [4.69, 9.17) is 24.7 Å². The zero-order chi connectivity index (χ0) is 31.0. The third-order valence-electron chi connectivity index (χ3n) is 9.75. The van der Waals surface area contributed by atoms with Gasteiger partial charge in [0, 0.05) is 28.2 Å². The monoisotopic (exact) mass is 605 g/mol. The fourth-order valence-electron chi connectivity index (χ4n) is 7.80. The lowest BCUT2D eigenvalue weighted by atomic mass is 9.72. The molecule has 3 heterocycles. The van der Waals surface area contributed by atoms with Gasteiger partial charge in [-0.1, -0.05) is 127 Å². The van der Waals surface area contributed by atoms with Gasteiger partial charge < -0.3 is 4.74 Å². The summed E-state index contributed by atoms with van der Waals surface area (Å²) in [4.78, 5) is 19.9. The summed E-state index contributed by atoms with van der Waals surface area (Å²) >= 11 is 0. The van der Waals surface area contributed by atoms with Crippen LogP contribution in [0.25, 0.3) is 50.8 Å². The van der Waals surface area contributed by atoms with Crippen molar-refractivity contribution in [1.82, 2.24) is 24.5 Å². The van der Waals surface area contributed by atoms with E-state index >= 15 is 0 Å². The minimum Gasteiger partial charge on any atom is -0.425 e. The van der Waals surface area contributed by atoms with Gasteiger partial charge in [0.05, 0.1) is 11.0 Å². The minimum absolute atomic E-state index is 0.168. The molecule has 2 aromatic heterocycles. The molecule has 3 aliphatic rings. The second kappa shape index (κ2) is 9.93. The fourth-order valence-corrected chi connectivity index (χ4v) is 7.80. The first-order chi connectivity index (χ1) is 23.3. The van der Waals surface area contributed by atoms with E-state index in [9.17, 15) is 0 Å². The summed E-state index contributed by atoms with van der Waals surface area (Å²) in [5.41, 5.74) is 9.13. The lowest BCUT2D eigenvalue weighted by molar-refractivity contribution is 0.268. The lowest BCUT2D eigenvalue weighted by Crippen LogP contribution is -2.43. The van der Waals surface area contributed by atoms with Crippen molar-refractivity contribution in [3.05, 3.63) is 162 Å². The number of imidazole rings is 1. The number of allylic oxidation sites excluding steroid dienone is 4. The standard InChI is InChI=1S/C41H27N5O/c1-3-13-26(14-4-1)37-43-38(27-15-5-2-6-16-27)45-39(44-37)28-23-24-33-36(25-28)47-40-42-34-21-11-12-22-35(34)46(40)41(33)31-19-9-7-17-29(31)30-18-8-10-20-32(30)41/h1-19,21-25,32H,20H2. The van der Waals surface area contributed by atoms with Crippen molar-refractivity contribution in [3.8, 4) is 45.9 Å². The molecule has 2 unspecified atom stereocenters. The van der Waals surface area contributed by atoms with Gasteiger partial charge in [-0.3, -0.25) is 4.57 Å². The summed E-state index contributed by atoms with van der Waals surface area (Å²) in [6.07, 6.45) is 7.66. The second-order valence-corrected chi connectivity index (χ2v) is 12.2.